The molecule has 4 heteroatoms. The number of carboxylic acid groups (broad SMARTS) is 1. The molecule has 2 aromatic rings. The highest BCUT2D eigenvalue weighted by atomic mass is 16.4. The van der Waals surface area contributed by atoms with Gasteiger partial charge < -0.3 is 10.4 Å². The molecule has 0 bridgehead atoms. The molecule has 2 aromatic carbocycles. The Morgan fingerprint density at radius 2 is 1.87 bits per heavy atom. The van der Waals surface area contributed by atoms with E-state index >= 15 is 0 Å². The average molecular weight is 311 g/mol. The number of nitrogens with one attached hydrogen (secondary N) is 1. The summed E-state index contributed by atoms with van der Waals surface area (Å²) >= 11 is 0. The van der Waals surface area contributed by atoms with Gasteiger partial charge >= 0.3 is 5.97 Å². The van der Waals surface area contributed by atoms with Gasteiger partial charge in [-0.3, -0.25) is 9.59 Å². The summed E-state index contributed by atoms with van der Waals surface area (Å²) in [5.41, 5.74) is 0.883. The van der Waals surface area contributed by atoms with Crippen molar-refractivity contribution in [3.63, 3.8) is 0 Å². The van der Waals surface area contributed by atoms with E-state index in [0.717, 1.165) is 22.8 Å². The van der Waals surface area contributed by atoms with Crippen LogP contribution in [0.25, 0.3) is 10.8 Å². The van der Waals surface area contributed by atoms with Crippen LogP contribution in [0, 0.1) is 11.3 Å². The summed E-state index contributed by atoms with van der Waals surface area (Å²) in [6.07, 6.45) is 0.737. The van der Waals surface area contributed by atoms with E-state index in [1.54, 1.807) is 0 Å². The monoisotopic (exact) mass is 311 g/mol. The lowest BCUT2D eigenvalue weighted by atomic mass is 9.96. The zero-order valence-electron chi connectivity index (χ0n) is 13.4. The maximum Gasteiger partial charge on any atom is 0.305 e. The lowest BCUT2D eigenvalue weighted by Gasteiger charge is -2.20. The Morgan fingerprint density at radius 3 is 2.52 bits per heavy atom. The molecular weight excluding hydrogens is 290 g/mol. The fourth-order valence-corrected chi connectivity index (χ4v) is 3.15. The molecule has 1 amide bonds. The molecule has 4 nitrogen and oxygen atoms in total. The first kappa shape index (κ1) is 15.5. The zero-order valence-corrected chi connectivity index (χ0v) is 13.4. The Bertz CT molecular complexity index is 761. The maximum absolute atomic E-state index is 12.4. The molecule has 1 saturated carbocycles. The van der Waals surface area contributed by atoms with E-state index in [-0.39, 0.29) is 23.7 Å². The SMILES string of the molecule is CC1(C)CC1C(=O)N[C@H](CC(=O)O)c1cccc2ccccc12. The van der Waals surface area contributed by atoms with E-state index in [1.165, 1.54) is 0 Å². The molecule has 0 spiro atoms. The molecule has 0 aromatic heterocycles. The van der Waals surface area contributed by atoms with Crippen LogP contribution in [0.4, 0.5) is 0 Å². The largest absolute Gasteiger partial charge is 0.481 e. The predicted octanol–water partition coefficient (Wildman–Crippen LogP) is 3.52. The van der Waals surface area contributed by atoms with Crippen molar-refractivity contribution in [2.45, 2.75) is 32.7 Å². The Hall–Kier alpha value is -2.36. The third kappa shape index (κ3) is 3.21. The van der Waals surface area contributed by atoms with E-state index in [1.807, 2.05) is 42.5 Å². The summed E-state index contributed by atoms with van der Waals surface area (Å²) in [6, 6.07) is 13.1. The highest BCUT2D eigenvalue weighted by molar-refractivity contribution is 5.88. The number of amides is 1. The first-order valence-corrected chi connectivity index (χ1v) is 7.88. The first-order valence-electron chi connectivity index (χ1n) is 7.88. The molecule has 0 aliphatic heterocycles. The molecule has 0 saturated heterocycles. The molecule has 2 N–H and O–H groups in total. The highest BCUT2D eigenvalue weighted by Crippen LogP contribution is 2.51. The third-order valence-corrected chi connectivity index (χ3v) is 4.72. The van der Waals surface area contributed by atoms with Crippen LogP contribution in [0.3, 0.4) is 0 Å². The molecule has 1 fully saturated rings. The lowest BCUT2D eigenvalue weighted by molar-refractivity contribution is -0.137. The summed E-state index contributed by atoms with van der Waals surface area (Å²) in [4.78, 5) is 23.7. The van der Waals surface area contributed by atoms with Crippen molar-refractivity contribution in [2.24, 2.45) is 11.3 Å². The molecule has 1 aliphatic carbocycles. The van der Waals surface area contributed by atoms with Crippen molar-refractivity contribution < 1.29 is 14.7 Å². The summed E-state index contributed by atoms with van der Waals surface area (Å²) in [5.74, 6) is -0.985. The van der Waals surface area contributed by atoms with Gasteiger partial charge in [-0.25, -0.2) is 0 Å². The Labute approximate surface area is 135 Å². The molecule has 0 heterocycles. The van der Waals surface area contributed by atoms with Gasteiger partial charge in [-0.1, -0.05) is 56.3 Å². The summed E-state index contributed by atoms with van der Waals surface area (Å²) in [7, 11) is 0. The fourth-order valence-electron chi connectivity index (χ4n) is 3.15. The number of fused-ring (bicyclic) bond motifs is 1. The molecular formula is C19H21NO3. The number of hydrogen-bond acceptors (Lipinski definition) is 2. The van der Waals surface area contributed by atoms with Crippen molar-refractivity contribution in [1.82, 2.24) is 5.32 Å². The van der Waals surface area contributed by atoms with Crippen molar-refractivity contribution in [1.29, 1.82) is 0 Å². The van der Waals surface area contributed by atoms with Crippen molar-refractivity contribution >= 4 is 22.6 Å². The number of carboxylic acids is 1. The first-order chi connectivity index (χ1) is 10.9. The number of rotatable bonds is 5. The van der Waals surface area contributed by atoms with Gasteiger partial charge in [0.05, 0.1) is 12.5 Å². The molecule has 3 rings (SSSR count). The second-order valence-corrected chi connectivity index (χ2v) is 6.97. The Kier molecular flexibility index (Phi) is 3.84. The average Bonchev–Trinajstić information content (AvgIpc) is 3.14. The van der Waals surface area contributed by atoms with Crippen LogP contribution in [0.15, 0.2) is 42.5 Å². The van der Waals surface area contributed by atoms with Crippen LogP contribution in [0.1, 0.15) is 38.3 Å². The standard InChI is InChI=1S/C19H21NO3/c1-19(2)11-15(19)18(23)20-16(10-17(21)22)14-9-5-7-12-6-3-4-8-13(12)14/h3-9,15-16H,10-11H2,1-2H3,(H,20,23)(H,21,22)/t15?,16-/m1/s1. The van der Waals surface area contributed by atoms with Crippen LogP contribution in [-0.2, 0) is 9.59 Å². The molecule has 1 aliphatic rings. The van der Waals surface area contributed by atoms with Crippen molar-refractivity contribution in [3.8, 4) is 0 Å². The number of hydrogen-bond donors (Lipinski definition) is 2. The van der Waals surface area contributed by atoms with Crippen LogP contribution in [0.2, 0.25) is 0 Å². The second-order valence-electron chi connectivity index (χ2n) is 6.97. The zero-order chi connectivity index (χ0) is 16.6. The molecule has 120 valence electrons. The molecule has 23 heavy (non-hydrogen) atoms. The Balaban J connectivity index is 1.92. The Morgan fingerprint density at radius 1 is 1.22 bits per heavy atom. The minimum absolute atomic E-state index is 0.0197. The summed E-state index contributed by atoms with van der Waals surface area (Å²) in [5, 5.41) is 14.2. The number of carbonyl (C=O) groups excluding carboxylic acids is 1. The van der Waals surface area contributed by atoms with Crippen LogP contribution >= 0.6 is 0 Å². The van der Waals surface area contributed by atoms with E-state index < -0.39 is 12.0 Å². The fraction of sp³-hybridized carbons (Fsp3) is 0.368. The minimum atomic E-state index is -0.918. The van der Waals surface area contributed by atoms with E-state index in [0.29, 0.717) is 0 Å². The van der Waals surface area contributed by atoms with Gasteiger partial charge in [-0.2, -0.15) is 0 Å². The van der Waals surface area contributed by atoms with Crippen LogP contribution < -0.4 is 5.32 Å². The van der Waals surface area contributed by atoms with Gasteiger partial charge in [-0.15, -0.1) is 0 Å². The van der Waals surface area contributed by atoms with Gasteiger partial charge in [-0.05, 0) is 28.2 Å². The quantitative estimate of drug-likeness (QED) is 0.888. The highest BCUT2D eigenvalue weighted by Gasteiger charge is 2.50. The summed E-state index contributed by atoms with van der Waals surface area (Å²) < 4.78 is 0. The number of carbonyl (C=O) groups is 2. The van der Waals surface area contributed by atoms with E-state index in [4.69, 9.17) is 0 Å². The van der Waals surface area contributed by atoms with Gasteiger partial charge in [0.2, 0.25) is 5.91 Å². The molecule has 1 unspecified atom stereocenters. The topological polar surface area (TPSA) is 66.4 Å². The lowest BCUT2D eigenvalue weighted by Crippen LogP contribution is -2.32. The predicted molar refractivity (Wildman–Crippen MR) is 89.0 cm³/mol. The third-order valence-electron chi connectivity index (χ3n) is 4.72. The number of aliphatic carboxylic acids is 1. The maximum atomic E-state index is 12.4. The number of benzene rings is 2. The van der Waals surface area contributed by atoms with Crippen molar-refractivity contribution in [3.05, 3.63) is 48.0 Å². The summed E-state index contributed by atoms with van der Waals surface area (Å²) in [6.45, 7) is 4.11. The van der Waals surface area contributed by atoms with Crippen LogP contribution in [-0.4, -0.2) is 17.0 Å². The molecule has 0 radical (unpaired) electrons. The van der Waals surface area contributed by atoms with Gasteiger partial charge in [0.15, 0.2) is 0 Å². The van der Waals surface area contributed by atoms with Gasteiger partial charge in [0, 0.05) is 5.92 Å². The smallest absolute Gasteiger partial charge is 0.305 e. The normalized spacial score (nSPS) is 20.0. The van der Waals surface area contributed by atoms with Gasteiger partial charge in [0.25, 0.3) is 0 Å². The minimum Gasteiger partial charge on any atom is -0.481 e. The second kappa shape index (κ2) is 5.69. The molecule has 2 atom stereocenters. The van der Waals surface area contributed by atoms with Crippen LogP contribution in [0.5, 0.6) is 0 Å². The van der Waals surface area contributed by atoms with Crippen molar-refractivity contribution in [2.75, 3.05) is 0 Å². The van der Waals surface area contributed by atoms with E-state index in [2.05, 4.69) is 19.2 Å². The van der Waals surface area contributed by atoms with Gasteiger partial charge in [0.1, 0.15) is 0 Å². The van der Waals surface area contributed by atoms with E-state index in [9.17, 15) is 14.7 Å².